The van der Waals surface area contributed by atoms with Crippen LogP contribution in [0.5, 0.6) is 0 Å². The maximum absolute atomic E-state index is 11.9. The van der Waals surface area contributed by atoms with Gasteiger partial charge in [0.2, 0.25) is 0 Å². The zero-order valence-electron chi connectivity index (χ0n) is 13.3. The monoisotopic (exact) mass is 356 g/mol. The molecule has 0 amide bonds. The van der Waals surface area contributed by atoms with Crippen LogP contribution in [0.1, 0.15) is 33.8 Å². The fourth-order valence-corrected chi connectivity index (χ4v) is 4.08. The van der Waals surface area contributed by atoms with E-state index in [-0.39, 0.29) is 23.2 Å². The zero-order valence-corrected chi connectivity index (χ0v) is 15.0. The van der Waals surface area contributed by atoms with E-state index in [2.05, 4.69) is 24.0 Å². The van der Waals surface area contributed by atoms with Crippen molar-refractivity contribution in [3.63, 3.8) is 0 Å². The van der Waals surface area contributed by atoms with Gasteiger partial charge in [-0.05, 0) is 44.2 Å². The van der Waals surface area contributed by atoms with Crippen molar-refractivity contribution in [2.45, 2.75) is 31.1 Å². The minimum Gasteiger partial charge on any atom is -0.469 e. The second kappa shape index (κ2) is 8.70. The molecule has 3 unspecified atom stereocenters. The lowest BCUT2D eigenvalue weighted by Gasteiger charge is -2.21. The highest BCUT2D eigenvalue weighted by molar-refractivity contribution is 7.80. The Morgan fingerprint density at radius 2 is 2.22 bits per heavy atom. The molecule has 7 heteroatoms. The molecular formula is C16H22NO4S2. The molecule has 23 heavy (non-hydrogen) atoms. The molecule has 1 aliphatic heterocycles. The second-order valence-corrected chi connectivity index (χ2v) is 7.33. The SMILES string of the molecule is COC(=O)c1[c]cc(CCC2CCNC(S)C(C(=O)OC)C2)s1. The summed E-state index contributed by atoms with van der Waals surface area (Å²) < 4.78 is 9.58. The van der Waals surface area contributed by atoms with Gasteiger partial charge in [-0.1, -0.05) is 0 Å². The number of ether oxygens (including phenoxy) is 2. The van der Waals surface area contributed by atoms with Gasteiger partial charge < -0.3 is 14.8 Å². The maximum Gasteiger partial charge on any atom is 0.348 e. The summed E-state index contributed by atoms with van der Waals surface area (Å²) in [7, 11) is 2.79. The van der Waals surface area contributed by atoms with Crippen molar-refractivity contribution in [3.8, 4) is 0 Å². The molecule has 1 aromatic heterocycles. The van der Waals surface area contributed by atoms with Crippen LogP contribution in [0.15, 0.2) is 6.07 Å². The molecule has 3 atom stereocenters. The van der Waals surface area contributed by atoms with Crippen molar-refractivity contribution >= 4 is 35.9 Å². The largest absolute Gasteiger partial charge is 0.469 e. The van der Waals surface area contributed by atoms with Gasteiger partial charge in [0.25, 0.3) is 0 Å². The summed E-state index contributed by atoms with van der Waals surface area (Å²) in [6.07, 6.45) is 3.61. The smallest absolute Gasteiger partial charge is 0.348 e. The van der Waals surface area contributed by atoms with Gasteiger partial charge in [-0.3, -0.25) is 4.79 Å². The average Bonchev–Trinajstić information content (AvgIpc) is 2.96. The number of thiophene rings is 1. The first-order valence-electron chi connectivity index (χ1n) is 7.63. The van der Waals surface area contributed by atoms with Crippen LogP contribution in [0.3, 0.4) is 0 Å². The molecule has 0 aliphatic carbocycles. The van der Waals surface area contributed by atoms with Gasteiger partial charge in [0.1, 0.15) is 4.88 Å². The Kier molecular flexibility index (Phi) is 6.92. The number of nitrogens with one attached hydrogen (secondary N) is 1. The quantitative estimate of drug-likeness (QED) is 0.626. The molecule has 0 bridgehead atoms. The highest BCUT2D eigenvalue weighted by Gasteiger charge is 2.31. The fraction of sp³-hybridized carbons (Fsp3) is 0.625. The van der Waals surface area contributed by atoms with Crippen LogP contribution in [0.25, 0.3) is 0 Å². The van der Waals surface area contributed by atoms with Gasteiger partial charge in [-0.25, -0.2) is 4.79 Å². The predicted molar refractivity (Wildman–Crippen MR) is 91.8 cm³/mol. The van der Waals surface area contributed by atoms with E-state index in [1.165, 1.54) is 25.6 Å². The van der Waals surface area contributed by atoms with Crippen molar-refractivity contribution in [2.24, 2.45) is 11.8 Å². The third kappa shape index (κ3) is 4.96. The molecule has 1 aromatic rings. The topological polar surface area (TPSA) is 64.6 Å². The average molecular weight is 356 g/mol. The molecular weight excluding hydrogens is 334 g/mol. The highest BCUT2D eigenvalue weighted by atomic mass is 32.1. The van der Waals surface area contributed by atoms with Crippen LogP contribution in [0.4, 0.5) is 0 Å². The first-order chi connectivity index (χ1) is 11.0. The molecule has 0 saturated carbocycles. The first kappa shape index (κ1) is 18.3. The molecule has 1 fully saturated rings. The van der Waals surface area contributed by atoms with Gasteiger partial charge in [-0.15, -0.1) is 11.3 Å². The number of hydrogen-bond acceptors (Lipinski definition) is 7. The van der Waals surface area contributed by atoms with Crippen LogP contribution < -0.4 is 5.32 Å². The van der Waals surface area contributed by atoms with E-state index >= 15 is 0 Å². The molecule has 0 aromatic carbocycles. The lowest BCUT2D eigenvalue weighted by molar-refractivity contribution is -0.146. The van der Waals surface area contributed by atoms with Gasteiger partial charge in [0, 0.05) is 10.9 Å². The standard InChI is InChI=1S/C16H22NO4S2/c1-20-15(18)12-9-10(7-8-17-14(12)22)3-4-11-5-6-13(23-11)16(19)21-2/h5,10,12,14,17,22H,3-4,7-9H2,1-2H3. The molecule has 1 aliphatic rings. The molecule has 1 N–H and O–H groups in total. The lowest BCUT2D eigenvalue weighted by atomic mass is 9.89. The summed E-state index contributed by atoms with van der Waals surface area (Å²) in [5, 5.41) is 3.10. The summed E-state index contributed by atoms with van der Waals surface area (Å²) in [6, 6.07) is 4.80. The normalized spacial score (nSPS) is 24.7. The van der Waals surface area contributed by atoms with Gasteiger partial charge >= 0.3 is 11.9 Å². The number of hydrogen-bond donors (Lipinski definition) is 2. The summed E-state index contributed by atoms with van der Waals surface area (Å²) >= 11 is 5.89. The summed E-state index contributed by atoms with van der Waals surface area (Å²) in [4.78, 5) is 25.0. The number of esters is 2. The minimum atomic E-state index is -0.344. The van der Waals surface area contributed by atoms with Crippen molar-refractivity contribution in [2.75, 3.05) is 20.8 Å². The number of thiol groups is 1. The van der Waals surface area contributed by atoms with E-state index in [4.69, 9.17) is 9.47 Å². The summed E-state index contributed by atoms with van der Waals surface area (Å²) in [6.45, 7) is 0.844. The lowest BCUT2D eigenvalue weighted by Crippen LogP contribution is -2.35. The van der Waals surface area contributed by atoms with Gasteiger partial charge in [-0.2, -0.15) is 12.6 Å². The molecule has 2 rings (SSSR count). The van der Waals surface area contributed by atoms with E-state index in [1.807, 2.05) is 6.07 Å². The number of carbonyl (C=O) groups is 2. The molecule has 2 heterocycles. The van der Waals surface area contributed by atoms with Crippen LogP contribution in [-0.4, -0.2) is 38.1 Å². The van der Waals surface area contributed by atoms with Crippen LogP contribution in [-0.2, 0) is 20.7 Å². The fourth-order valence-electron chi connectivity index (χ4n) is 2.82. The Hall–Kier alpha value is -1.05. The summed E-state index contributed by atoms with van der Waals surface area (Å²) in [5.74, 6) is -0.353. The van der Waals surface area contributed by atoms with Crippen molar-refractivity contribution in [3.05, 3.63) is 21.9 Å². The molecule has 127 valence electrons. The van der Waals surface area contributed by atoms with E-state index in [0.29, 0.717) is 10.8 Å². The Labute approximate surface area is 146 Å². The molecule has 0 spiro atoms. The Morgan fingerprint density at radius 3 is 2.91 bits per heavy atom. The molecule has 1 saturated heterocycles. The van der Waals surface area contributed by atoms with E-state index in [1.54, 1.807) is 0 Å². The van der Waals surface area contributed by atoms with Gasteiger partial charge in [0.15, 0.2) is 0 Å². The third-order valence-corrected chi connectivity index (χ3v) is 5.76. The van der Waals surface area contributed by atoms with E-state index in [0.717, 1.165) is 37.1 Å². The van der Waals surface area contributed by atoms with Crippen molar-refractivity contribution in [1.82, 2.24) is 5.32 Å². The summed E-state index contributed by atoms with van der Waals surface area (Å²) in [5.41, 5.74) is 0. The third-order valence-electron chi connectivity index (χ3n) is 4.15. The van der Waals surface area contributed by atoms with Crippen LogP contribution >= 0.6 is 24.0 Å². The Bertz CT molecular complexity index is 546. The molecule has 5 nitrogen and oxygen atoms in total. The zero-order chi connectivity index (χ0) is 16.8. The van der Waals surface area contributed by atoms with Crippen LogP contribution in [0, 0.1) is 17.9 Å². The van der Waals surface area contributed by atoms with Crippen molar-refractivity contribution in [1.29, 1.82) is 0 Å². The first-order valence-corrected chi connectivity index (χ1v) is 8.96. The number of rotatable bonds is 5. The highest BCUT2D eigenvalue weighted by Crippen LogP contribution is 2.29. The second-order valence-electron chi connectivity index (χ2n) is 5.64. The Morgan fingerprint density at radius 1 is 1.43 bits per heavy atom. The number of methoxy groups -OCH3 is 2. The Balaban J connectivity index is 1.92. The maximum atomic E-state index is 11.9. The van der Waals surface area contributed by atoms with Crippen LogP contribution in [0.2, 0.25) is 0 Å². The van der Waals surface area contributed by atoms with Gasteiger partial charge in [0.05, 0.1) is 25.5 Å². The predicted octanol–water partition coefficient (Wildman–Crippen LogP) is 2.31. The molecule has 1 radical (unpaired) electrons. The van der Waals surface area contributed by atoms with E-state index in [9.17, 15) is 9.59 Å². The minimum absolute atomic E-state index is 0.159. The van der Waals surface area contributed by atoms with Crippen molar-refractivity contribution < 1.29 is 19.1 Å². The number of aryl methyl sites for hydroxylation is 1. The number of carbonyl (C=O) groups excluding carboxylic acids is 2. The van der Waals surface area contributed by atoms with E-state index < -0.39 is 0 Å².